The van der Waals surface area contributed by atoms with Crippen molar-refractivity contribution < 1.29 is 0 Å². The summed E-state index contributed by atoms with van der Waals surface area (Å²) < 4.78 is 0. The van der Waals surface area contributed by atoms with Crippen molar-refractivity contribution in [3.8, 4) is 0 Å². The lowest BCUT2D eigenvalue weighted by molar-refractivity contribution is 0.323. The van der Waals surface area contributed by atoms with Crippen molar-refractivity contribution in [3.05, 3.63) is 29.6 Å². The Balaban J connectivity index is 1.94. The molecule has 2 heterocycles. The Bertz CT molecular complexity index is 294. The lowest BCUT2D eigenvalue weighted by Gasteiger charge is -2.14. The summed E-state index contributed by atoms with van der Waals surface area (Å²) >= 11 is 0. The molecule has 0 radical (unpaired) electrons. The third-order valence-electron chi connectivity index (χ3n) is 2.67. The van der Waals surface area contributed by atoms with Crippen LogP contribution in [-0.2, 0) is 6.54 Å². The van der Waals surface area contributed by atoms with Crippen molar-refractivity contribution in [1.82, 2.24) is 9.88 Å². The minimum Gasteiger partial charge on any atom is -0.326 e. The van der Waals surface area contributed by atoms with Crippen molar-refractivity contribution in [1.29, 1.82) is 0 Å². The summed E-state index contributed by atoms with van der Waals surface area (Å²) in [7, 11) is 0. The fourth-order valence-corrected chi connectivity index (χ4v) is 1.83. The van der Waals surface area contributed by atoms with E-state index in [0.717, 1.165) is 31.7 Å². The smallest absolute Gasteiger partial charge is 0.0544 e. The zero-order valence-electron chi connectivity index (χ0n) is 8.61. The average Bonchev–Trinajstić information content (AvgIpc) is 2.56. The summed E-state index contributed by atoms with van der Waals surface area (Å²) in [5.74, 6) is 0. The van der Waals surface area contributed by atoms with Crippen molar-refractivity contribution >= 4 is 0 Å². The molecule has 0 amide bonds. The number of likely N-dealkylation sites (tertiary alicyclic amines) is 1. The zero-order valence-corrected chi connectivity index (χ0v) is 8.61. The van der Waals surface area contributed by atoms with Gasteiger partial charge >= 0.3 is 0 Å². The molecule has 0 unspecified atom stereocenters. The number of hydrogen-bond donors (Lipinski definition) is 1. The normalized spacial score (nSPS) is 22.9. The van der Waals surface area contributed by atoms with Crippen LogP contribution in [0, 0.1) is 6.92 Å². The molecular weight excluding hydrogens is 174 g/mol. The van der Waals surface area contributed by atoms with Gasteiger partial charge in [-0.25, -0.2) is 0 Å². The monoisotopic (exact) mass is 191 g/mol. The molecule has 1 aliphatic rings. The van der Waals surface area contributed by atoms with Gasteiger partial charge in [-0.15, -0.1) is 0 Å². The minimum atomic E-state index is 0.362. The van der Waals surface area contributed by atoms with E-state index in [1.54, 1.807) is 0 Å². The molecule has 0 saturated carbocycles. The molecule has 1 fully saturated rings. The maximum absolute atomic E-state index is 5.84. The Labute approximate surface area is 84.9 Å². The minimum absolute atomic E-state index is 0.362. The first-order valence-corrected chi connectivity index (χ1v) is 5.13. The molecular formula is C11H17N3. The van der Waals surface area contributed by atoms with E-state index in [-0.39, 0.29) is 0 Å². The van der Waals surface area contributed by atoms with Gasteiger partial charge in [0.2, 0.25) is 0 Å². The molecule has 14 heavy (non-hydrogen) atoms. The number of rotatable bonds is 2. The summed E-state index contributed by atoms with van der Waals surface area (Å²) in [5, 5.41) is 0. The highest BCUT2D eigenvalue weighted by Gasteiger charge is 2.18. The quantitative estimate of drug-likeness (QED) is 0.756. The highest BCUT2D eigenvalue weighted by atomic mass is 15.2. The van der Waals surface area contributed by atoms with Crippen LogP contribution >= 0.6 is 0 Å². The Hall–Kier alpha value is -0.930. The summed E-state index contributed by atoms with van der Waals surface area (Å²) in [6, 6.07) is 4.57. The van der Waals surface area contributed by atoms with Crippen LogP contribution in [0.15, 0.2) is 18.3 Å². The van der Waals surface area contributed by atoms with Gasteiger partial charge in [-0.05, 0) is 25.0 Å². The van der Waals surface area contributed by atoms with Crippen LogP contribution in [-0.4, -0.2) is 29.0 Å². The number of pyridine rings is 1. The highest BCUT2D eigenvalue weighted by Crippen LogP contribution is 2.10. The van der Waals surface area contributed by atoms with Gasteiger partial charge in [0.15, 0.2) is 0 Å². The number of aromatic nitrogens is 1. The molecule has 0 aromatic carbocycles. The van der Waals surface area contributed by atoms with Crippen LogP contribution in [0.4, 0.5) is 0 Å². The highest BCUT2D eigenvalue weighted by molar-refractivity contribution is 5.12. The number of nitrogens with two attached hydrogens (primary N) is 1. The van der Waals surface area contributed by atoms with Gasteiger partial charge < -0.3 is 5.73 Å². The van der Waals surface area contributed by atoms with E-state index in [1.807, 2.05) is 6.20 Å². The van der Waals surface area contributed by atoms with Crippen LogP contribution in [0.1, 0.15) is 17.7 Å². The molecule has 2 rings (SSSR count). The first kappa shape index (κ1) is 9.62. The average molecular weight is 191 g/mol. The Morgan fingerprint density at radius 2 is 2.43 bits per heavy atom. The maximum atomic E-state index is 5.84. The van der Waals surface area contributed by atoms with E-state index >= 15 is 0 Å². The lowest BCUT2D eigenvalue weighted by Crippen LogP contribution is -2.26. The largest absolute Gasteiger partial charge is 0.326 e. The Morgan fingerprint density at radius 1 is 1.57 bits per heavy atom. The van der Waals surface area contributed by atoms with Gasteiger partial charge in [0, 0.05) is 31.9 Å². The van der Waals surface area contributed by atoms with Gasteiger partial charge in [0.25, 0.3) is 0 Å². The molecule has 1 atom stereocenters. The molecule has 0 spiro atoms. The van der Waals surface area contributed by atoms with Crippen molar-refractivity contribution in [2.24, 2.45) is 5.73 Å². The number of nitrogens with zero attached hydrogens (tertiary/aromatic N) is 2. The van der Waals surface area contributed by atoms with Crippen LogP contribution in [0.5, 0.6) is 0 Å². The maximum Gasteiger partial charge on any atom is 0.0544 e. The van der Waals surface area contributed by atoms with E-state index in [9.17, 15) is 0 Å². The first-order chi connectivity index (χ1) is 6.74. The number of aryl methyl sites for hydroxylation is 1. The second-order valence-electron chi connectivity index (χ2n) is 4.11. The first-order valence-electron chi connectivity index (χ1n) is 5.13. The fraction of sp³-hybridized carbons (Fsp3) is 0.545. The summed E-state index contributed by atoms with van der Waals surface area (Å²) in [6.07, 6.45) is 3.04. The number of hydrogen-bond acceptors (Lipinski definition) is 3. The molecule has 1 aromatic heterocycles. The van der Waals surface area contributed by atoms with Crippen molar-refractivity contribution in [2.75, 3.05) is 13.1 Å². The molecule has 2 N–H and O–H groups in total. The SMILES string of the molecule is Cc1ccc(CN2CC[C@@H](N)C2)nc1. The third kappa shape index (κ3) is 2.30. The third-order valence-corrected chi connectivity index (χ3v) is 2.67. The van der Waals surface area contributed by atoms with Gasteiger partial charge in [0.05, 0.1) is 5.69 Å². The predicted octanol–water partition coefficient (Wildman–Crippen LogP) is 0.923. The van der Waals surface area contributed by atoms with Crippen molar-refractivity contribution in [3.63, 3.8) is 0 Å². The van der Waals surface area contributed by atoms with Gasteiger partial charge in [-0.2, -0.15) is 0 Å². The van der Waals surface area contributed by atoms with E-state index in [4.69, 9.17) is 5.73 Å². The van der Waals surface area contributed by atoms with Crippen molar-refractivity contribution in [2.45, 2.75) is 25.9 Å². The molecule has 0 aliphatic carbocycles. The Kier molecular flexibility index (Phi) is 2.79. The van der Waals surface area contributed by atoms with E-state index in [1.165, 1.54) is 5.56 Å². The van der Waals surface area contributed by atoms with Crippen LogP contribution in [0.25, 0.3) is 0 Å². The molecule has 3 nitrogen and oxygen atoms in total. The van der Waals surface area contributed by atoms with E-state index in [2.05, 4.69) is 28.9 Å². The lowest BCUT2D eigenvalue weighted by atomic mass is 10.2. The Morgan fingerprint density at radius 3 is 3.00 bits per heavy atom. The molecule has 1 saturated heterocycles. The molecule has 76 valence electrons. The van der Waals surface area contributed by atoms with Gasteiger partial charge in [-0.3, -0.25) is 9.88 Å². The van der Waals surface area contributed by atoms with E-state index < -0.39 is 0 Å². The predicted molar refractivity (Wildman–Crippen MR) is 56.8 cm³/mol. The zero-order chi connectivity index (χ0) is 9.97. The van der Waals surface area contributed by atoms with Crippen LogP contribution in [0.3, 0.4) is 0 Å². The van der Waals surface area contributed by atoms with Gasteiger partial charge in [-0.1, -0.05) is 6.07 Å². The molecule has 1 aromatic rings. The summed E-state index contributed by atoms with van der Waals surface area (Å²) in [6.45, 7) is 5.11. The van der Waals surface area contributed by atoms with Gasteiger partial charge in [0.1, 0.15) is 0 Å². The van der Waals surface area contributed by atoms with Crippen LogP contribution in [0.2, 0.25) is 0 Å². The van der Waals surface area contributed by atoms with E-state index in [0.29, 0.717) is 6.04 Å². The van der Waals surface area contributed by atoms with Crippen LogP contribution < -0.4 is 5.73 Å². The molecule has 0 bridgehead atoms. The summed E-state index contributed by atoms with van der Waals surface area (Å²) in [5.41, 5.74) is 8.20. The second-order valence-corrected chi connectivity index (χ2v) is 4.11. The fourth-order valence-electron chi connectivity index (χ4n) is 1.83. The molecule has 3 heteroatoms. The summed E-state index contributed by atoms with van der Waals surface area (Å²) in [4.78, 5) is 6.75. The topological polar surface area (TPSA) is 42.1 Å². The molecule has 1 aliphatic heterocycles. The standard InChI is InChI=1S/C11H17N3/c1-9-2-3-11(13-6-9)8-14-5-4-10(12)7-14/h2-3,6,10H,4-5,7-8,12H2,1H3/t10-/m1/s1. The second kappa shape index (κ2) is 4.07.